The molecule has 2 rings (SSSR count). The van der Waals surface area contributed by atoms with Crippen molar-refractivity contribution in [2.75, 3.05) is 20.1 Å². The number of amides is 1. The van der Waals surface area contributed by atoms with Gasteiger partial charge < -0.3 is 16.0 Å². The monoisotopic (exact) mass is 548 g/mol. The molecule has 5 nitrogen and oxygen atoms in total. The van der Waals surface area contributed by atoms with E-state index in [9.17, 15) is 9.18 Å². The van der Waals surface area contributed by atoms with Gasteiger partial charge in [-0.1, -0.05) is 34.1 Å². The smallest absolute Gasteiger partial charge is 0.251 e. The van der Waals surface area contributed by atoms with Gasteiger partial charge in [0.15, 0.2) is 5.96 Å². The minimum absolute atomic E-state index is 0. The largest absolute Gasteiger partial charge is 0.355 e. The quantitative estimate of drug-likeness (QED) is 0.224. The number of aliphatic imine (C=N–C) groups is 1. The fourth-order valence-corrected chi connectivity index (χ4v) is 2.64. The predicted molar refractivity (Wildman–Crippen MR) is 121 cm³/mol. The molecular formula is C19H23BrFIN4O. The molecule has 27 heavy (non-hydrogen) atoms. The highest BCUT2D eigenvalue weighted by Crippen LogP contribution is 2.11. The molecular weight excluding hydrogens is 526 g/mol. The van der Waals surface area contributed by atoms with E-state index in [1.807, 2.05) is 18.2 Å². The molecule has 0 saturated heterocycles. The molecule has 0 fully saturated rings. The van der Waals surface area contributed by atoms with Gasteiger partial charge in [0.2, 0.25) is 0 Å². The van der Waals surface area contributed by atoms with Crippen molar-refractivity contribution in [3.63, 3.8) is 0 Å². The number of nitrogens with one attached hydrogen (secondary N) is 3. The zero-order valence-electron chi connectivity index (χ0n) is 15.2. The number of hydrogen-bond acceptors (Lipinski definition) is 2. The van der Waals surface area contributed by atoms with E-state index >= 15 is 0 Å². The number of carbonyl (C=O) groups excluding carboxylic acids is 1. The third-order valence-corrected chi connectivity index (χ3v) is 4.20. The molecule has 8 heteroatoms. The van der Waals surface area contributed by atoms with Crippen LogP contribution < -0.4 is 16.0 Å². The number of carbonyl (C=O) groups is 1. The lowest BCUT2D eigenvalue weighted by molar-refractivity contribution is 0.0954. The van der Waals surface area contributed by atoms with E-state index < -0.39 is 0 Å². The first-order valence-corrected chi connectivity index (χ1v) is 9.02. The number of halogens is 3. The molecule has 0 unspecified atom stereocenters. The molecule has 0 heterocycles. The summed E-state index contributed by atoms with van der Waals surface area (Å²) >= 11 is 3.35. The maximum absolute atomic E-state index is 13.6. The van der Waals surface area contributed by atoms with Crippen LogP contribution in [0.3, 0.4) is 0 Å². The van der Waals surface area contributed by atoms with Crippen LogP contribution in [0.4, 0.5) is 4.39 Å². The molecule has 2 aromatic rings. The first kappa shape index (κ1) is 23.4. The van der Waals surface area contributed by atoms with Crippen LogP contribution in [-0.2, 0) is 6.54 Å². The van der Waals surface area contributed by atoms with Gasteiger partial charge in [0.1, 0.15) is 5.82 Å². The second-order valence-electron chi connectivity index (χ2n) is 5.70. The summed E-state index contributed by atoms with van der Waals surface area (Å²) in [5.74, 6) is 0.233. The molecule has 0 bridgehead atoms. The maximum atomic E-state index is 13.6. The van der Waals surface area contributed by atoms with Gasteiger partial charge in [-0.15, -0.1) is 24.0 Å². The zero-order valence-corrected chi connectivity index (χ0v) is 19.1. The average molecular weight is 549 g/mol. The fourth-order valence-electron chi connectivity index (χ4n) is 2.24. The van der Waals surface area contributed by atoms with Crippen LogP contribution in [0, 0.1) is 12.7 Å². The summed E-state index contributed by atoms with van der Waals surface area (Å²) < 4.78 is 14.4. The normalized spacial score (nSPS) is 10.7. The molecule has 2 aromatic carbocycles. The third-order valence-electron chi connectivity index (χ3n) is 3.71. The number of aryl methyl sites for hydroxylation is 1. The van der Waals surface area contributed by atoms with E-state index in [0.29, 0.717) is 36.7 Å². The molecule has 3 N–H and O–H groups in total. The van der Waals surface area contributed by atoms with Crippen molar-refractivity contribution in [1.82, 2.24) is 16.0 Å². The summed E-state index contributed by atoms with van der Waals surface area (Å²) in [5.41, 5.74) is 2.06. The minimum atomic E-state index is -0.220. The predicted octanol–water partition coefficient (Wildman–Crippen LogP) is 3.61. The van der Waals surface area contributed by atoms with Gasteiger partial charge in [0.25, 0.3) is 5.91 Å². The highest BCUT2D eigenvalue weighted by Gasteiger charge is 2.05. The van der Waals surface area contributed by atoms with E-state index in [-0.39, 0.29) is 35.7 Å². The van der Waals surface area contributed by atoms with Crippen molar-refractivity contribution in [2.45, 2.75) is 13.5 Å². The van der Waals surface area contributed by atoms with Crippen molar-refractivity contribution in [2.24, 2.45) is 4.99 Å². The topological polar surface area (TPSA) is 65.5 Å². The summed E-state index contributed by atoms with van der Waals surface area (Å²) in [7, 11) is 1.66. The Hall–Kier alpha value is -1.68. The molecule has 146 valence electrons. The Morgan fingerprint density at radius 3 is 2.52 bits per heavy atom. The van der Waals surface area contributed by atoms with E-state index in [4.69, 9.17) is 0 Å². The molecule has 0 radical (unpaired) electrons. The van der Waals surface area contributed by atoms with Gasteiger partial charge in [0.05, 0.1) is 0 Å². The Labute approximate surface area is 184 Å². The highest BCUT2D eigenvalue weighted by atomic mass is 127. The van der Waals surface area contributed by atoms with Gasteiger partial charge in [0, 0.05) is 36.7 Å². The summed E-state index contributed by atoms with van der Waals surface area (Å²) in [4.78, 5) is 16.2. The second-order valence-corrected chi connectivity index (χ2v) is 6.62. The fraction of sp³-hybridized carbons (Fsp3) is 0.263. The third kappa shape index (κ3) is 7.84. The van der Waals surface area contributed by atoms with Gasteiger partial charge in [-0.2, -0.15) is 0 Å². The van der Waals surface area contributed by atoms with Crippen LogP contribution in [0.25, 0.3) is 0 Å². The summed E-state index contributed by atoms with van der Waals surface area (Å²) in [6.45, 7) is 3.16. The molecule has 0 aliphatic carbocycles. The standard InChI is InChI=1S/C19H22BrFN4O.HI/c1-13-6-7-14(10-17(13)21)12-25-19(22-2)24-9-8-23-18(26)15-4-3-5-16(20)11-15;/h3-7,10-11H,8-9,12H2,1-2H3,(H,23,26)(H2,22,24,25);1H. The summed E-state index contributed by atoms with van der Waals surface area (Å²) in [5, 5.41) is 9.06. The number of nitrogens with zero attached hydrogens (tertiary/aromatic N) is 1. The molecule has 1 amide bonds. The van der Waals surface area contributed by atoms with E-state index in [1.54, 1.807) is 32.2 Å². The number of hydrogen-bond donors (Lipinski definition) is 3. The van der Waals surface area contributed by atoms with E-state index in [0.717, 1.165) is 10.0 Å². The Morgan fingerprint density at radius 1 is 1.11 bits per heavy atom. The molecule has 0 saturated carbocycles. The van der Waals surface area contributed by atoms with Gasteiger partial charge >= 0.3 is 0 Å². The van der Waals surface area contributed by atoms with Crippen molar-refractivity contribution in [3.8, 4) is 0 Å². The number of guanidine groups is 1. The van der Waals surface area contributed by atoms with Crippen LogP contribution in [-0.4, -0.2) is 32.0 Å². The molecule has 0 aromatic heterocycles. The lowest BCUT2D eigenvalue weighted by Crippen LogP contribution is -2.41. The van der Waals surface area contributed by atoms with Crippen molar-refractivity contribution in [1.29, 1.82) is 0 Å². The van der Waals surface area contributed by atoms with Gasteiger partial charge in [-0.25, -0.2) is 4.39 Å². The van der Waals surface area contributed by atoms with Crippen LogP contribution in [0.1, 0.15) is 21.5 Å². The number of rotatable bonds is 6. The van der Waals surface area contributed by atoms with Crippen molar-refractivity contribution >= 4 is 51.8 Å². The summed E-state index contributed by atoms with van der Waals surface area (Å²) in [6.07, 6.45) is 0. The molecule has 0 aliphatic heterocycles. The first-order chi connectivity index (χ1) is 12.5. The SMILES string of the molecule is CN=C(NCCNC(=O)c1cccc(Br)c1)NCc1ccc(C)c(F)c1.I. The van der Waals surface area contributed by atoms with Gasteiger partial charge in [-0.05, 0) is 42.3 Å². The van der Waals surface area contributed by atoms with Crippen LogP contribution in [0.15, 0.2) is 51.9 Å². The second kappa shape index (κ2) is 11.9. The first-order valence-electron chi connectivity index (χ1n) is 8.23. The minimum Gasteiger partial charge on any atom is -0.355 e. The van der Waals surface area contributed by atoms with Gasteiger partial charge in [-0.3, -0.25) is 9.79 Å². The van der Waals surface area contributed by atoms with Crippen molar-refractivity contribution in [3.05, 3.63) is 69.4 Å². The van der Waals surface area contributed by atoms with E-state index in [1.165, 1.54) is 6.07 Å². The van der Waals surface area contributed by atoms with Crippen molar-refractivity contribution < 1.29 is 9.18 Å². The van der Waals surface area contributed by atoms with Crippen LogP contribution in [0.5, 0.6) is 0 Å². The number of benzene rings is 2. The van der Waals surface area contributed by atoms with Crippen LogP contribution in [0.2, 0.25) is 0 Å². The molecule has 0 atom stereocenters. The Balaban J connectivity index is 0.00000364. The maximum Gasteiger partial charge on any atom is 0.251 e. The Morgan fingerprint density at radius 2 is 1.85 bits per heavy atom. The Bertz CT molecular complexity index is 801. The summed E-state index contributed by atoms with van der Waals surface area (Å²) in [6, 6.07) is 12.3. The molecule has 0 aliphatic rings. The Kier molecular flexibility index (Phi) is 10.3. The zero-order chi connectivity index (χ0) is 18.9. The highest BCUT2D eigenvalue weighted by molar-refractivity contribution is 14.0. The average Bonchev–Trinajstić information content (AvgIpc) is 2.63. The molecule has 0 spiro atoms. The lowest BCUT2D eigenvalue weighted by Gasteiger charge is -2.13. The lowest BCUT2D eigenvalue weighted by atomic mass is 10.1. The van der Waals surface area contributed by atoms with Crippen LogP contribution >= 0.6 is 39.9 Å². The van der Waals surface area contributed by atoms with E-state index in [2.05, 4.69) is 36.9 Å².